The van der Waals surface area contributed by atoms with Crippen molar-refractivity contribution in [3.05, 3.63) is 41.5 Å². The normalized spacial score (nSPS) is 23.2. The van der Waals surface area contributed by atoms with Crippen LogP contribution in [0.1, 0.15) is 38.8 Å². The molecule has 0 saturated heterocycles. The highest BCUT2D eigenvalue weighted by atomic mass is 28.3. The van der Waals surface area contributed by atoms with Gasteiger partial charge in [0.25, 0.3) is 0 Å². The van der Waals surface area contributed by atoms with E-state index in [2.05, 4.69) is 82.2 Å². The largest absolute Gasteiger partial charge is 0.332 e. The second-order valence-corrected chi connectivity index (χ2v) is 11.7. The first-order valence-electron chi connectivity index (χ1n) is 6.74. The van der Waals surface area contributed by atoms with Gasteiger partial charge in [-0.15, -0.1) is 0 Å². The molecule has 0 fully saturated rings. The molecule has 2 rings (SSSR count). The first-order chi connectivity index (χ1) is 8.16. The Morgan fingerprint density at radius 3 is 2.33 bits per heavy atom. The average molecular weight is 259 g/mol. The molecule has 2 heteroatoms. The molecule has 0 heterocycles. The van der Waals surface area contributed by atoms with Gasteiger partial charge in [-0.1, -0.05) is 56.4 Å². The van der Waals surface area contributed by atoms with E-state index in [0.717, 1.165) is 0 Å². The lowest BCUT2D eigenvalue weighted by molar-refractivity contribution is 0.500. The second-order valence-electron chi connectivity index (χ2n) is 7.12. The van der Waals surface area contributed by atoms with Gasteiger partial charge in [-0.2, -0.15) is 0 Å². The van der Waals surface area contributed by atoms with E-state index in [-0.39, 0.29) is 10.6 Å². The standard InChI is InChI=1S/C16H25NSi/c1-15(2,3)17-18(5,6)16(4)12-11-13-9-7-8-10-14(13)16/h7-12,17H,1-6H3. The molecular weight excluding hydrogens is 234 g/mol. The molecule has 1 aliphatic rings. The highest BCUT2D eigenvalue weighted by Gasteiger charge is 2.46. The average Bonchev–Trinajstić information content (AvgIpc) is 2.56. The first-order valence-corrected chi connectivity index (χ1v) is 9.74. The van der Waals surface area contributed by atoms with Crippen molar-refractivity contribution >= 4 is 14.3 Å². The molecule has 0 aromatic heterocycles. The minimum atomic E-state index is -1.62. The van der Waals surface area contributed by atoms with Gasteiger partial charge in [-0.3, -0.25) is 0 Å². The van der Waals surface area contributed by atoms with Gasteiger partial charge in [-0.25, -0.2) is 0 Å². The van der Waals surface area contributed by atoms with Gasteiger partial charge in [0.2, 0.25) is 0 Å². The minimum Gasteiger partial charge on any atom is -0.332 e. The summed E-state index contributed by atoms with van der Waals surface area (Å²) >= 11 is 0. The number of benzene rings is 1. The van der Waals surface area contributed by atoms with E-state index in [1.54, 1.807) is 0 Å². The van der Waals surface area contributed by atoms with Crippen LogP contribution < -0.4 is 4.98 Å². The molecule has 1 atom stereocenters. The van der Waals surface area contributed by atoms with Crippen LogP contribution in [-0.4, -0.2) is 13.8 Å². The highest BCUT2D eigenvalue weighted by molar-refractivity contribution is 6.78. The van der Waals surface area contributed by atoms with E-state index in [1.165, 1.54) is 11.1 Å². The van der Waals surface area contributed by atoms with E-state index < -0.39 is 8.24 Å². The molecule has 0 amide bonds. The van der Waals surface area contributed by atoms with Crippen LogP contribution in [0.3, 0.4) is 0 Å². The molecule has 1 N–H and O–H groups in total. The summed E-state index contributed by atoms with van der Waals surface area (Å²) in [6.07, 6.45) is 4.69. The fraction of sp³-hybridized carbons (Fsp3) is 0.500. The molecule has 1 nitrogen and oxygen atoms in total. The molecule has 0 saturated carbocycles. The van der Waals surface area contributed by atoms with Gasteiger partial charge < -0.3 is 4.98 Å². The van der Waals surface area contributed by atoms with E-state index in [0.29, 0.717) is 0 Å². The third-order valence-electron chi connectivity index (χ3n) is 4.10. The zero-order valence-corrected chi connectivity index (χ0v) is 13.5. The van der Waals surface area contributed by atoms with Crippen LogP contribution >= 0.6 is 0 Å². The van der Waals surface area contributed by atoms with Gasteiger partial charge in [0.05, 0.1) is 0 Å². The van der Waals surface area contributed by atoms with Crippen LogP contribution in [0.2, 0.25) is 13.1 Å². The summed E-state index contributed by atoms with van der Waals surface area (Å²) in [6.45, 7) is 14.0. The van der Waals surface area contributed by atoms with Crippen molar-refractivity contribution in [2.75, 3.05) is 0 Å². The summed E-state index contributed by atoms with van der Waals surface area (Å²) in [5, 5.41) is 0.177. The van der Waals surface area contributed by atoms with Crippen molar-refractivity contribution in [2.24, 2.45) is 0 Å². The molecule has 1 aromatic rings. The fourth-order valence-corrected chi connectivity index (χ4v) is 6.61. The zero-order valence-electron chi connectivity index (χ0n) is 12.5. The third-order valence-corrected chi connectivity index (χ3v) is 8.51. The lowest BCUT2D eigenvalue weighted by Gasteiger charge is -2.44. The second kappa shape index (κ2) is 4.07. The van der Waals surface area contributed by atoms with Crippen LogP contribution in [0.5, 0.6) is 0 Å². The molecule has 0 aliphatic heterocycles. The Hall–Kier alpha value is -0.863. The minimum absolute atomic E-state index is 0.171. The first kappa shape index (κ1) is 13.6. The van der Waals surface area contributed by atoms with Gasteiger partial charge in [0.1, 0.15) is 8.24 Å². The molecule has 0 bridgehead atoms. The van der Waals surface area contributed by atoms with Crippen molar-refractivity contribution in [2.45, 2.75) is 51.4 Å². The Kier molecular flexibility index (Phi) is 3.07. The number of hydrogen-bond acceptors (Lipinski definition) is 1. The van der Waals surface area contributed by atoms with Crippen molar-refractivity contribution in [3.8, 4) is 0 Å². The van der Waals surface area contributed by atoms with E-state index in [4.69, 9.17) is 0 Å². The Labute approximate surface area is 112 Å². The van der Waals surface area contributed by atoms with Crippen LogP contribution in [0, 0.1) is 0 Å². The molecule has 1 unspecified atom stereocenters. The van der Waals surface area contributed by atoms with Crippen molar-refractivity contribution in [1.82, 2.24) is 4.98 Å². The molecule has 0 spiro atoms. The quantitative estimate of drug-likeness (QED) is 0.788. The maximum Gasteiger partial charge on any atom is 0.134 e. The third kappa shape index (κ3) is 2.19. The molecular formula is C16H25NSi. The fourth-order valence-electron chi connectivity index (χ4n) is 3.07. The number of fused-ring (bicyclic) bond motifs is 1. The van der Waals surface area contributed by atoms with Crippen LogP contribution in [0.4, 0.5) is 0 Å². The van der Waals surface area contributed by atoms with E-state index in [1.807, 2.05) is 0 Å². The smallest absolute Gasteiger partial charge is 0.134 e. The van der Waals surface area contributed by atoms with Gasteiger partial charge >= 0.3 is 0 Å². The van der Waals surface area contributed by atoms with Crippen LogP contribution in [0.15, 0.2) is 30.3 Å². The maximum absolute atomic E-state index is 3.91. The van der Waals surface area contributed by atoms with Crippen molar-refractivity contribution in [3.63, 3.8) is 0 Å². The molecule has 98 valence electrons. The maximum atomic E-state index is 3.91. The van der Waals surface area contributed by atoms with Crippen LogP contribution in [0.25, 0.3) is 6.08 Å². The lowest BCUT2D eigenvalue weighted by Crippen LogP contribution is -2.64. The Morgan fingerprint density at radius 2 is 1.72 bits per heavy atom. The monoisotopic (exact) mass is 259 g/mol. The van der Waals surface area contributed by atoms with Crippen molar-refractivity contribution < 1.29 is 0 Å². The summed E-state index contributed by atoms with van der Waals surface area (Å²) in [4.78, 5) is 3.91. The number of nitrogens with one attached hydrogen (secondary N) is 1. The van der Waals surface area contributed by atoms with Gasteiger partial charge in [0.15, 0.2) is 0 Å². The summed E-state index contributed by atoms with van der Waals surface area (Å²) in [7, 11) is -1.62. The molecule has 1 aliphatic carbocycles. The Bertz CT molecular complexity index is 482. The van der Waals surface area contributed by atoms with E-state index >= 15 is 0 Å². The van der Waals surface area contributed by atoms with Crippen LogP contribution in [-0.2, 0) is 5.04 Å². The number of hydrogen-bond donors (Lipinski definition) is 1. The summed E-state index contributed by atoms with van der Waals surface area (Å²) in [5.74, 6) is 0. The summed E-state index contributed by atoms with van der Waals surface area (Å²) < 4.78 is 0. The summed E-state index contributed by atoms with van der Waals surface area (Å²) in [5.41, 5.74) is 3.04. The zero-order chi connectivity index (χ0) is 13.6. The van der Waals surface area contributed by atoms with Crippen molar-refractivity contribution in [1.29, 1.82) is 0 Å². The van der Waals surface area contributed by atoms with Gasteiger partial charge in [0, 0.05) is 10.6 Å². The predicted molar refractivity (Wildman–Crippen MR) is 83.2 cm³/mol. The summed E-state index contributed by atoms with van der Waals surface area (Å²) in [6, 6.07) is 8.79. The number of rotatable bonds is 2. The number of allylic oxidation sites excluding steroid dienone is 1. The highest BCUT2D eigenvalue weighted by Crippen LogP contribution is 2.41. The topological polar surface area (TPSA) is 12.0 Å². The van der Waals surface area contributed by atoms with Gasteiger partial charge in [-0.05, 0) is 31.9 Å². The Balaban J connectivity index is 2.42. The molecule has 1 aromatic carbocycles. The molecule has 0 radical (unpaired) electrons. The molecule has 18 heavy (non-hydrogen) atoms. The lowest BCUT2D eigenvalue weighted by atomic mass is 10.0. The SMILES string of the molecule is CC(C)(C)N[Si](C)(C)C1(C)C=Cc2ccccc21. The van der Waals surface area contributed by atoms with E-state index in [9.17, 15) is 0 Å². The Morgan fingerprint density at radius 1 is 1.11 bits per heavy atom. The predicted octanol–water partition coefficient (Wildman–Crippen LogP) is 4.10.